The molecule has 0 saturated carbocycles. The van der Waals surface area contributed by atoms with E-state index in [-0.39, 0.29) is 18.3 Å². The van der Waals surface area contributed by atoms with Crippen LogP contribution in [0.5, 0.6) is 11.6 Å². The van der Waals surface area contributed by atoms with E-state index in [0.29, 0.717) is 17.0 Å². The van der Waals surface area contributed by atoms with Gasteiger partial charge in [0.2, 0.25) is 0 Å². The summed E-state index contributed by atoms with van der Waals surface area (Å²) in [6.07, 6.45) is 5.91. The van der Waals surface area contributed by atoms with Crippen LogP contribution in [0.2, 0.25) is 0 Å². The molecule has 4 aromatic rings. The fourth-order valence-electron chi connectivity index (χ4n) is 2.63. The van der Waals surface area contributed by atoms with Crippen LogP contribution in [0.3, 0.4) is 0 Å². The van der Waals surface area contributed by atoms with Gasteiger partial charge in [-0.2, -0.15) is 5.10 Å². The molecule has 0 bridgehead atoms. The number of nitrogen functional groups attached to an aromatic ring is 1. The summed E-state index contributed by atoms with van der Waals surface area (Å²) >= 11 is 0. The molecule has 2 N–H and O–H groups in total. The molecular weight excluding hydrogens is 381 g/mol. The molecule has 0 fully saturated rings. The maximum atomic E-state index is 14.4. The Hall–Kier alpha value is -3.45. The highest BCUT2D eigenvalue weighted by atomic mass is 35.5. The monoisotopic (exact) mass is 396 g/mol. The Labute approximate surface area is 167 Å². The van der Waals surface area contributed by atoms with Gasteiger partial charge in [-0.1, -0.05) is 0 Å². The average Bonchev–Trinajstić information content (AvgIpc) is 3.11. The maximum Gasteiger partial charge on any atom is 0.255 e. The van der Waals surface area contributed by atoms with Crippen molar-refractivity contribution in [1.29, 1.82) is 0 Å². The number of nitrogens with two attached hydrogens (primary N) is 1. The van der Waals surface area contributed by atoms with Crippen molar-refractivity contribution in [3.05, 3.63) is 72.9 Å². The second kappa shape index (κ2) is 8.06. The molecule has 0 spiro atoms. The van der Waals surface area contributed by atoms with Crippen LogP contribution in [-0.2, 0) is 7.05 Å². The highest BCUT2D eigenvalue weighted by Crippen LogP contribution is 2.28. The van der Waals surface area contributed by atoms with Crippen molar-refractivity contribution < 1.29 is 9.13 Å². The van der Waals surface area contributed by atoms with E-state index in [2.05, 4.69) is 21.3 Å². The Morgan fingerprint density at radius 3 is 2.46 bits per heavy atom. The number of ether oxygens (including phenoxy) is 1. The largest absolute Gasteiger partial charge is 0.436 e. The lowest BCUT2D eigenvalue weighted by molar-refractivity contribution is 0.423. The van der Waals surface area contributed by atoms with E-state index in [9.17, 15) is 4.39 Å². The average molecular weight is 397 g/mol. The predicted molar refractivity (Wildman–Crippen MR) is 107 cm³/mol. The van der Waals surface area contributed by atoms with Gasteiger partial charge in [-0.3, -0.25) is 4.68 Å². The standard InChI is InChI=1S/C20H15FN5O.ClH/c1-26-19(8-9-25-26)14-10-17(21)20(24-11-14)27-16-5-2-13(3-6-16)18-7-4-15(22)12-23-18;/h2-11H,22H2,1H3;1H. The predicted octanol–water partition coefficient (Wildman–Crippen LogP) is 4.28. The summed E-state index contributed by atoms with van der Waals surface area (Å²) in [4.78, 5) is 8.24. The first-order chi connectivity index (χ1) is 13.1. The number of nitrogens with zero attached hydrogens (tertiary/aromatic N) is 4. The Balaban J connectivity index is 0.00000225. The van der Waals surface area contributed by atoms with Gasteiger partial charge in [0.15, 0.2) is 5.82 Å². The normalized spacial score (nSPS) is 10.4. The van der Waals surface area contributed by atoms with E-state index >= 15 is 0 Å². The third kappa shape index (κ3) is 3.94. The number of hydrogen-bond donors (Lipinski definition) is 1. The molecule has 0 unspecified atom stereocenters. The van der Waals surface area contributed by atoms with Gasteiger partial charge >= 0.3 is 0 Å². The summed E-state index contributed by atoms with van der Waals surface area (Å²) in [6.45, 7) is 0. The third-order valence-electron chi connectivity index (χ3n) is 4.01. The molecule has 0 amide bonds. The Kier molecular flexibility index (Phi) is 5.56. The van der Waals surface area contributed by atoms with Gasteiger partial charge in [0, 0.05) is 30.6 Å². The first-order valence-corrected chi connectivity index (χ1v) is 8.16. The van der Waals surface area contributed by atoms with Crippen LogP contribution in [0.4, 0.5) is 10.1 Å². The van der Waals surface area contributed by atoms with Gasteiger partial charge in [-0.15, -0.1) is 12.4 Å². The van der Waals surface area contributed by atoms with Crippen molar-refractivity contribution in [2.75, 3.05) is 5.73 Å². The van der Waals surface area contributed by atoms with E-state index in [0.717, 1.165) is 17.0 Å². The molecule has 141 valence electrons. The number of hydrogen-bond acceptors (Lipinski definition) is 5. The van der Waals surface area contributed by atoms with Gasteiger partial charge in [0.1, 0.15) is 11.9 Å². The second-order valence-corrected chi connectivity index (χ2v) is 5.87. The number of pyridine rings is 2. The van der Waals surface area contributed by atoms with Crippen LogP contribution >= 0.6 is 12.4 Å². The minimum atomic E-state index is -0.549. The Bertz CT molecular complexity index is 1080. The van der Waals surface area contributed by atoms with Gasteiger partial charge in [0.05, 0.1) is 17.1 Å². The van der Waals surface area contributed by atoms with E-state index in [1.165, 1.54) is 6.07 Å². The zero-order valence-corrected chi connectivity index (χ0v) is 15.7. The molecule has 1 aromatic carbocycles. The lowest BCUT2D eigenvalue weighted by Gasteiger charge is -2.08. The maximum absolute atomic E-state index is 14.4. The van der Waals surface area contributed by atoms with Crippen molar-refractivity contribution in [1.82, 2.24) is 19.7 Å². The van der Waals surface area contributed by atoms with Crippen molar-refractivity contribution in [2.45, 2.75) is 0 Å². The number of benzene rings is 1. The number of aryl methyl sites for hydroxylation is 1. The molecule has 1 radical (unpaired) electrons. The lowest BCUT2D eigenvalue weighted by Crippen LogP contribution is -1.97. The van der Waals surface area contributed by atoms with Crippen molar-refractivity contribution in [3.8, 4) is 34.1 Å². The quantitative estimate of drug-likeness (QED) is 0.557. The van der Waals surface area contributed by atoms with Gasteiger partial charge < -0.3 is 10.5 Å². The van der Waals surface area contributed by atoms with Gasteiger partial charge in [-0.25, -0.2) is 14.4 Å². The smallest absolute Gasteiger partial charge is 0.255 e. The van der Waals surface area contributed by atoms with Crippen LogP contribution in [0.15, 0.2) is 60.9 Å². The SMILES string of the molecule is Cl.Cn1nccc1-c1cnc(Oc2ccc(-c3ccc(N)[c]n3)cc2)c(F)c1. The summed E-state index contributed by atoms with van der Waals surface area (Å²) in [7, 11) is 1.78. The molecule has 0 aliphatic heterocycles. The van der Waals surface area contributed by atoms with Crippen LogP contribution in [0.25, 0.3) is 22.5 Å². The summed E-state index contributed by atoms with van der Waals surface area (Å²) in [5, 5.41) is 4.07. The van der Waals surface area contributed by atoms with E-state index in [4.69, 9.17) is 10.5 Å². The zero-order chi connectivity index (χ0) is 18.8. The molecule has 3 aromatic heterocycles. The molecular formula is C20H16ClFN5O. The molecule has 0 aliphatic carbocycles. The minimum absolute atomic E-state index is 0. The van der Waals surface area contributed by atoms with Crippen molar-refractivity contribution in [2.24, 2.45) is 7.05 Å². The third-order valence-corrected chi connectivity index (χ3v) is 4.01. The summed E-state index contributed by atoms with van der Waals surface area (Å²) in [6, 6.07) is 13.8. The molecule has 0 atom stereocenters. The van der Waals surface area contributed by atoms with Crippen LogP contribution in [0.1, 0.15) is 0 Å². The highest BCUT2D eigenvalue weighted by molar-refractivity contribution is 5.85. The summed E-state index contributed by atoms with van der Waals surface area (Å²) in [5.41, 5.74) is 9.08. The lowest BCUT2D eigenvalue weighted by atomic mass is 10.1. The van der Waals surface area contributed by atoms with E-state index in [1.54, 1.807) is 54.5 Å². The number of aromatic nitrogens is 4. The zero-order valence-electron chi connectivity index (χ0n) is 14.8. The number of rotatable bonds is 4. The van der Waals surface area contributed by atoms with Crippen LogP contribution in [-0.4, -0.2) is 19.7 Å². The van der Waals surface area contributed by atoms with E-state index < -0.39 is 5.82 Å². The molecule has 8 heteroatoms. The Morgan fingerprint density at radius 1 is 1.07 bits per heavy atom. The summed E-state index contributed by atoms with van der Waals surface area (Å²) in [5.74, 6) is -0.168. The highest BCUT2D eigenvalue weighted by Gasteiger charge is 2.11. The van der Waals surface area contributed by atoms with Crippen LogP contribution in [0, 0.1) is 12.0 Å². The van der Waals surface area contributed by atoms with Gasteiger partial charge in [0.25, 0.3) is 5.88 Å². The second-order valence-electron chi connectivity index (χ2n) is 5.87. The van der Waals surface area contributed by atoms with Crippen molar-refractivity contribution >= 4 is 18.1 Å². The van der Waals surface area contributed by atoms with E-state index in [1.807, 2.05) is 12.1 Å². The molecule has 0 saturated heterocycles. The fourth-order valence-corrected chi connectivity index (χ4v) is 2.63. The summed E-state index contributed by atoms with van der Waals surface area (Å²) < 4.78 is 21.6. The van der Waals surface area contributed by atoms with Crippen LogP contribution < -0.4 is 10.5 Å². The topological polar surface area (TPSA) is 78.8 Å². The Morgan fingerprint density at radius 2 is 1.86 bits per heavy atom. The molecule has 28 heavy (non-hydrogen) atoms. The molecule has 3 heterocycles. The number of anilines is 1. The first kappa shape index (κ1) is 19.3. The van der Waals surface area contributed by atoms with Gasteiger partial charge in [-0.05, 0) is 48.5 Å². The minimum Gasteiger partial charge on any atom is -0.436 e. The fraction of sp³-hybridized carbons (Fsp3) is 0.0500. The molecule has 6 nitrogen and oxygen atoms in total. The molecule has 0 aliphatic rings. The van der Waals surface area contributed by atoms with Crippen molar-refractivity contribution in [3.63, 3.8) is 0 Å². The molecule has 4 rings (SSSR count). The first-order valence-electron chi connectivity index (χ1n) is 8.16. The number of halogens is 2.